The van der Waals surface area contributed by atoms with E-state index in [1.807, 2.05) is 36.7 Å². The summed E-state index contributed by atoms with van der Waals surface area (Å²) in [4.78, 5) is 20.3. The van der Waals surface area contributed by atoms with Crippen LogP contribution in [0.1, 0.15) is 21.8 Å². The van der Waals surface area contributed by atoms with Gasteiger partial charge in [0.15, 0.2) is 0 Å². The lowest BCUT2D eigenvalue weighted by Gasteiger charge is -2.33. The van der Waals surface area contributed by atoms with Crippen LogP contribution in [-0.4, -0.2) is 33.6 Å². The molecule has 0 bridgehead atoms. The maximum atomic E-state index is 12.3. The van der Waals surface area contributed by atoms with E-state index in [0.717, 1.165) is 29.5 Å². The number of imidazole rings is 1. The lowest BCUT2D eigenvalue weighted by atomic mass is 10.0. The number of carbonyl (C=O) groups is 1. The first-order chi connectivity index (χ1) is 13.1. The highest BCUT2D eigenvalue weighted by molar-refractivity contribution is 7.09. The van der Waals surface area contributed by atoms with Crippen LogP contribution in [-0.2, 0) is 35.6 Å². The molecular formula is C20H20ClN3O2S. The largest absolute Gasteiger partial charge is 0.468 e. The summed E-state index contributed by atoms with van der Waals surface area (Å²) < 4.78 is 7.20. The number of hydrogen-bond acceptors (Lipinski definition) is 5. The Hall–Kier alpha value is -2.15. The number of ether oxygens (including phenoxy) is 1. The third-order valence-corrected chi connectivity index (χ3v) is 6.00. The summed E-state index contributed by atoms with van der Waals surface area (Å²) in [5.74, 6) is -0.204. The number of methoxy groups -OCH3 is 1. The van der Waals surface area contributed by atoms with Crippen LogP contribution in [0.2, 0.25) is 5.02 Å². The Kier molecular flexibility index (Phi) is 5.29. The Morgan fingerprint density at radius 3 is 2.81 bits per heavy atom. The SMILES string of the molecule is COC(=O)[C@@H]1Cc2ncn(Cc3ccc(Cl)cc3)c2CN1Cc1cccs1. The molecule has 0 aliphatic carbocycles. The summed E-state index contributed by atoms with van der Waals surface area (Å²) in [5, 5.41) is 2.79. The van der Waals surface area contributed by atoms with Crippen LogP contribution >= 0.6 is 22.9 Å². The van der Waals surface area contributed by atoms with Gasteiger partial charge in [0.1, 0.15) is 6.04 Å². The molecular weight excluding hydrogens is 382 g/mol. The molecule has 1 atom stereocenters. The van der Waals surface area contributed by atoms with Gasteiger partial charge in [-0.2, -0.15) is 0 Å². The van der Waals surface area contributed by atoms with Gasteiger partial charge < -0.3 is 9.30 Å². The number of fused-ring (bicyclic) bond motifs is 1. The minimum atomic E-state index is -0.302. The first kappa shape index (κ1) is 18.2. The number of hydrogen-bond donors (Lipinski definition) is 0. The number of benzene rings is 1. The van der Waals surface area contributed by atoms with Crippen molar-refractivity contribution < 1.29 is 9.53 Å². The van der Waals surface area contributed by atoms with Crippen LogP contribution in [0.4, 0.5) is 0 Å². The van der Waals surface area contributed by atoms with Gasteiger partial charge in [-0.3, -0.25) is 9.69 Å². The summed E-state index contributed by atoms with van der Waals surface area (Å²) in [6, 6.07) is 11.7. The first-order valence-electron chi connectivity index (χ1n) is 8.75. The molecule has 27 heavy (non-hydrogen) atoms. The molecule has 1 aliphatic rings. The number of esters is 1. The molecule has 0 amide bonds. The Morgan fingerprint density at radius 2 is 2.11 bits per heavy atom. The number of carbonyl (C=O) groups excluding carboxylic acids is 1. The molecule has 0 N–H and O–H groups in total. The molecule has 0 fully saturated rings. The Balaban J connectivity index is 1.60. The van der Waals surface area contributed by atoms with Gasteiger partial charge in [-0.05, 0) is 29.1 Å². The number of aromatic nitrogens is 2. The molecule has 0 saturated carbocycles. The first-order valence-corrected chi connectivity index (χ1v) is 10.0. The highest BCUT2D eigenvalue weighted by Crippen LogP contribution is 2.27. The van der Waals surface area contributed by atoms with E-state index in [1.165, 1.54) is 17.6 Å². The van der Waals surface area contributed by atoms with Crippen LogP contribution in [0.25, 0.3) is 0 Å². The van der Waals surface area contributed by atoms with Gasteiger partial charge in [0, 0.05) is 36.0 Å². The normalized spacial score (nSPS) is 16.9. The van der Waals surface area contributed by atoms with Gasteiger partial charge in [-0.15, -0.1) is 11.3 Å². The average Bonchev–Trinajstić information content (AvgIpc) is 3.32. The van der Waals surface area contributed by atoms with Crippen molar-refractivity contribution in [1.29, 1.82) is 0 Å². The number of halogens is 1. The van der Waals surface area contributed by atoms with E-state index in [4.69, 9.17) is 16.3 Å². The minimum Gasteiger partial charge on any atom is -0.468 e. The Labute approximate surface area is 167 Å². The van der Waals surface area contributed by atoms with Crippen molar-refractivity contribution in [3.8, 4) is 0 Å². The second-order valence-electron chi connectivity index (χ2n) is 6.62. The van der Waals surface area contributed by atoms with Gasteiger partial charge >= 0.3 is 5.97 Å². The van der Waals surface area contributed by atoms with Crippen molar-refractivity contribution in [2.24, 2.45) is 0 Å². The van der Waals surface area contributed by atoms with Crippen LogP contribution in [0, 0.1) is 0 Å². The monoisotopic (exact) mass is 401 g/mol. The zero-order chi connectivity index (χ0) is 18.8. The summed E-state index contributed by atoms with van der Waals surface area (Å²) in [7, 11) is 1.44. The molecule has 4 rings (SSSR count). The fraction of sp³-hybridized carbons (Fsp3) is 0.300. The van der Waals surface area contributed by atoms with Gasteiger partial charge in [0.25, 0.3) is 0 Å². The number of rotatable bonds is 5. The van der Waals surface area contributed by atoms with Crippen LogP contribution in [0.3, 0.4) is 0 Å². The molecule has 1 aromatic carbocycles. The summed E-state index contributed by atoms with van der Waals surface area (Å²) in [6.45, 7) is 2.12. The van der Waals surface area contributed by atoms with Crippen molar-refractivity contribution >= 4 is 28.9 Å². The van der Waals surface area contributed by atoms with Gasteiger partial charge in [-0.25, -0.2) is 4.98 Å². The van der Waals surface area contributed by atoms with Crippen molar-refractivity contribution in [3.05, 3.63) is 75.0 Å². The van der Waals surface area contributed by atoms with Gasteiger partial charge in [0.05, 0.1) is 24.8 Å². The lowest BCUT2D eigenvalue weighted by Crippen LogP contribution is -2.46. The summed E-state index contributed by atoms with van der Waals surface area (Å²) >= 11 is 7.69. The zero-order valence-electron chi connectivity index (χ0n) is 15.0. The van der Waals surface area contributed by atoms with E-state index >= 15 is 0 Å². The van der Waals surface area contributed by atoms with Crippen molar-refractivity contribution in [3.63, 3.8) is 0 Å². The number of nitrogens with zero attached hydrogens (tertiary/aromatic N) is 3. The molecule has 3 aromatic rings. The second kappa shape index (κ2) is 7.84. The molecule has 140 valence electrons. The third-order valence-electron chi connectivity index (χ3n) is 4.89. The van der Waals surface area contributed by atoms with Crippen LogP contribution < -0.4 is 0 Å². The maximum absolute atomic E-state index is 12.3. The standard InChI is InChI=1S/C20H20ClN3O2S/c1-26-20(25)18-9-17-19(12-23(18)11-16-3-2-8-27-16)24(13-22-17)10-14-4-6-15(21)7-5-14/h2-8,13,18H,9-12H2,1H3/t18-/m0/s1. The van der Waals surface area contributed by atoms with E-state index in [-0.39, 0.29) is 12.0 Å². The van der Waals surface area contributed by atoms with Gasteiger partial charge in [0.2, 0.25) is 0 Å². The molecule has 0 spiro atoms. The topological polar surface area (TPSA) is 47.4 Å². The Morgan fingerprint density at radius 1 is 1.30 bits per heavy atom. The molecule has 1 aliphatic heterocycles. The van der Waals surface area contributed by atoms with E-state index in [2.05, 4.69) is 25.9 Å². The lowest BCUT2D eigenvalue weighted by molar-refractivity contribution is -0.148. The smallest absolute Gasteiger partial charge is 0.323 e. The van der Waals surface area contributed by atoms with Gasteiger partial charge in [-0.1, -0.05) is 29.8 Å². The molecule has 2 aromatic heterocycles. The number of thiophene rings is 1. The minimum absolute atomic E-state index is 0.204. The predicted octanol–water partition coefficient (Wildman–Crippen LogP) is 3.75. The average molecular weight is 402 g/mol. The zero-order valence-corrected chi connectivity index (χ0v) is 16.5. The van der Waals surface area contributed by atoms with Crippen LogP contribution in [0.15, 0.2) is 48.1 Å². The predicted molar refractivity (Wildman–Crippen MR) is 106 cm³/mol. The molecule has 0 unspecified atom stereocenters. The van der Waals surface area contributed by atoms with E-state index in [1.54, 1.807) is 11.3 Å². The third kappa shape index (κ3) is 3.93. The summed E-state index contributed by atoms with van der Waals surface area (Å²) in [5.41, 5.74) is 3.29. The molecule has 5 nitrogen and oxygen atoms in total. The van der Waals surface area contributed by atoms with Crippen molar-refractivity contribution in [2.75, 3.05) is 7.11 Å². The highest BCUT2D eigenvalue weighted by atomic mass is 35.5. The molecule has 7 heteroatoms. The van der Waals surface area contributed by atoms with E-state index < -0.39 is 0 Å². The Bertz CT molecular complexity index is 921. The van der Waals surface area contributed by atoms with Crippen LogP contribution in [0.5, 0.6) is 0 Å². The van der Waals surface area contributed by atoms with E-state index in [0.29, 0.717) is 13.0 Å². The molecule has 0 radical (unpaired) electrons. The van der Waals surface area contributed by atoms with E-state index in [9.17, 15) is 4.79 Å². The van der Waals surface area contributed by atoms with Crippen molar-refractivity contribution in [2.45, 2.75) is 32.1 Å². The second-order valence-corrected chi connectivity index (χ2v) is 8.09. The van der Waals surface area contributed by atoms with Crippen molar-refractivity contribution in [1.82, 2.24) is 14.5 Å². The molecule has 3 heterocycles. The molecule has 0 saturated heterocycles. The fourth-order valence-corrected chi connectivity index (χ4v) is 4.33. The maximum Gasteiger partial charge on any atom is 0.323 e. The quantitative estimate of drug-likeness (QED) is 0.611. The summed E-state index contributed by atoms with van der Waals surface area (Å²) in [6.07, 6.45) is 2.43. The highest BCUT2D eigenvalue weighted by Gasteiger charge is 2.34. The fourth-order valence-electron chi connectivity index (χ4n) is 3.48.